The molecule has 3 aromatic rings. The molecule has 0 unspecified atom stereocenters. The zero-order valence-corrected chi connectivity index (χ0v) is 14.8. The second-order valence-electron chi connectivity index (χ2n) is 5.76. The monoisotopic (exact) mass is 381 g/mol. The van der Waals surface area contributed by atoms with Gasteiger partial charge in [-0.05, 0) is 48.7 Å². The minimum absolute atomic E-state index is 0.625. The van der Waals surface area contributed by atoms with E-state index in [9.17, 15) is 0 Å². The minimum atomic E-state index is 0.625. The lowest BCUT2D eigenvalue weighted by Gasteiger charge is -2.17. The van der Waals surface area contributed by atoms with E-state index in [0.717, 1.165) is 34.4 Å². The molecule has 0 fully saturated rings. The molecule has 0 saturated heterocycles. The van der Waals surface area contributed by atoms with Crippen LogP contribution in [-0.2, 0) is 6.42 Å². The lowest BCUT2D eigenvalue weighted by molar-refractivity contribution is 0.887. The Morgan fingerprint density at radius 3 is 2.92 bits per heavy atom. The second-order valence-corrected chi connectivity index (χ2v) is 6.67. The van der Waals surface area contributed by atoms with Crippen LogP contribution in [-0.4, -0.2) is 21.7 Å². The highest BCUT2D eigenvalue weighted by Gasteiger charge is 2.22. The largest absolute Gasteiger partial charge is 0.339 e. The van der Waals surface area contributed by atoms with Crippen LogP contribution in [0.4, 0.5) is 23.1 Å². The number of para-hydroxylation sites is 1. The van der Waals surface area contributed by atoms with Gasteiger partial charge in [0.2, 0.25) is 0 Å². The molecule has 0 bridgehead atoms. The Bertz CT molecular complexity index is 896. The number of anilines is 4. The summed E-state index contributed by atoms with van der Waals surface area (Å²) in [5.41, 5.74) is 4.63. The number of nitrogens with zero attached hydrogens (tertiary/aromatic N) is 4. The summed E-state index contributed by atoms with van der Waals surface area (Å²) in [6.07, 6.45) is 2.65. The van der Waals surface area contributed by atoms with E-state index in [-0.39, 0.29) is 0 Å². The number of fused-ring (bicyclic) bond motifs is 1. The molecule has 0 spiro atoms. The number of aromatic nitrogens is 3. The van der Waals surface area contributed by atoms with Gasteiger partial charge in [-0.25, -0.2) is 0 Å². The molecule has 1 N–H and O–H groups in total. The molecule has 5 nitrogen and oxygen atoms in total. The number of rotatable bonds is 3. The van der Waals surface area contributed by atoms with Crippen LogP contribution < -0.4 is 10.2 Å². The van der Waals surface area contributed by atoms with E-state index in [1.165, 1.54) is 5.56 Å². The van der Waals surface area contributed by atoms with Crippen LogP contribution >= 0.6 is 15.9 Å². The molecule has 4 rings (SSSR count). The molecule has 120 valence electrons. The summed E-state index contributed by atoms with van der Waals surface area (Å²) in [6, 6.07) is 14.4. The van der Waals surface area contributed by atoms with Crippen molar-refractivity contribution >= 4 is 39.1 Å². The maximum atomic E-state index is 4.64. The Morgan fingerprint density at radius 1 is 1.17 bits per heavy atom. The fourth-order valence-electron chi connectivity index (χ4n) is 2.92. The molecule has 1 aliphatic heterocycles. The summed E-state index contributed by atoms with van der Waals surface area (Å²) in [5, 5.41) is 11.7. The quantitative estimate of drug-likeness (QED) is 0.729. The molecule has 0 radical (unpaired) electrons. The SMILES string of the molecule is Cc1cc(Br)ccc1Nc1cnnc(N2CCc3ccccc32)n1. The first kappa shape index (κ1) is 15.1. The average molecular weight is 382 g/mol. The molecule has 1 aromatic heterocycles. The van der Waals surface area contributed by atoms with E-state index in [1.54, 1.807) is 6.20 Å². The molecule has 1 aliphatic rings. The number of benzene rings is 2. The zero-order valence-electron chi connectivity index (χ0n) is 13.2. The predicted octanol–water partition coefficient (Wildman–Crippen LogP) is 4.38. The van der Waals surface area contributed by atoms with Gasteiger partial charge in [-0.1, -0.05) is 34.1 Å². The summed E-state index contributed by atoms with van der Waals surface area (Å²) in [6.45, 7) is 2.93. The van der Waals surface area contributed by atoms with Gasteiger partial charge in [0, 0.05) is 22.4 Å². The van der Waals surface area contributed by atoms with E-state index in [1.807, 2.05) is 18.2 Å². The van der Waals surface area contributed by atoms with Crippen molar-refractivity contribution in [1.29, 1.82) is 0 Å². The maximum absolute atomic E-state index is 4.64. The van der Waals surface area contributed by atoms with Crippen LogP contribution in [0.3, 0.4) is 0 Å². The standard InChI is InChI=1S/C18H16BrN5/c1-12-10-14(19)6-7-15(12)21-17-11-20-23-18(22-17)24-9-8-13-4-2-3-5-16(13)24/h2-7,10-11H,8-9H2,1H3,(H,21,22,23). The van der Waals surface area contributed by atoms with Gasteiger partial charge < -0.3 is 10.2 Å². The molecule has 6 heteroatoms. The van der Waals surface area contributed by atoms with Crippen molar-refractivity contribution in [2.45, 2.75) is 13.3 Å². The topological polar surface area (TPSA) is 53.9 Å². The Hall–Kier alpha value is -2.47. The van der Waals surface area contributed by atoms with Crippen molar-refractivity contribution in [2.75, 3.05) is 16.8 Å². The van der Waals surface area contributed by atoms with E-state index in [4.69, 9.17) is 0 Å². The highest BCUT2D eigenvalue weighted by atomic mass is 79.9. The number of halogens is 1. The number of hydrogen-bond donors (Lipinski definition) is 1. The normalized spacial score (nSPS) is 13.0. The molecule has 0 saturated carbocycles. The molecule has 24 heavy (non-hydrogen) atoms. The Balaban J connectivity index is 1.63. The van der Waals surface area contributed by atoms with Crippen molar-refractivity contribution in [1.82, 2.24) is 15.2 Å². The first-order chi connectivity index (χ1) is 11.7. The maximum Gasteiger partial charge on any atom is 0.251 e. The van der Waals surface area contributed by atoms with E-state index in [2.05, 4.69) is 72.5 Å². The lowest BCUT2D eigenvalue weighted by Crippen LogP contribution is -2.17. The van der Waals surface area contributed by atoms with Crippen molar-refractivity contribution in [3.63, 3.8) is 0 Å². The number of nitrogens with one attached hydrogen (secondary N) is 1. The van der Waals surface area contributed by atoms with Crippen LogP contribution in [0.2, 0.25) is 0 Å². The van der Waals surface area contributed by atoms with Crippen LogP contribution in [0, 0.1) is 6.92 Å². The predicted molar refractivity (Wildman–Crippen MR) is 99.1 cm³/mol. The van der Waals surface area contributed by atoms with Crippen molar-refractivity contribution in [2.24, 2.45) is 0 Å². The number of hydrogen-bond acceptors (Lipinski definition) is 5. The molecule has 0 atom stereocenters. The Kier molecular flexibility index (Phi) is 3.90. The Morgan fingerprint density at radius 2 is 2.04 bits per heavy atom. The van der Waals surface area contributed by atoms with Gasteiger partial charge in [-0.3, -0.25) is 0 Å². The minimum Gasteiger partial charge on any atom is -0.339 e. The zero-order chi connectivity index (χ0) is 16.5. The van der Waals surface area contributed by atoms with Crippen molar-refractivity contribution in [3.8, 4) is 0 Å². The van der Waals surface area contributed by atoms with Crippen molar-refractivity contribution < 1.29 is 0 Å². The summed E-state index contributed by atoms with van der Waals surface area (Å²) < 4.78 is 1.06. The van der Waals surface area contributed by atoms with Gasteiger partial charge in [-0.15, -0.1) is 5.10 Å². The average Bonchev–Trinajstić information content (AvgIpc) is 3.02. The molecule has 2 aromatic carbocycles. The van der Waals surface area contributed by atoms with Crippen LogP contribution in [0.25, 0.3) is 0 Å². The third kappa shape index (κ3) is 2.85. The first-order valence-corrected chi connectivity index (χ1v) is 8.58. The molecular weight excluding hydrogens is 366 g/mol. The summed E-state index contributed by atoms with van der Waals surface area (Å²) in [4.78, 5) is 6.75. The third-order valence-electron chi connectivity index (χ3n) is 4.13. The first-order valence-electron chi connectivity index (χ1n) is 7.79. The molecule has 0 aliphatic carbocycles. The van der Waals surface area contributed by atoms with Gasteiger partial charge >= 0.3 is 0 Å². The van der Waals surface area contributed by atoms with Crippen molar-refractivity contribution in [3.05, 3.63) is 64.3 Å². The summed E-state index contributed by atoms with van der Waals surface area (Å²) >= 11 is 3.48. The highest BCUT2D eigenvalue weighted by molar-refractivity contribution is 9.10. The van der Waals surface area contributed by atoms with E-state index in [0.29, 0.717) is 11.8 Å². The van der Waals surface area contributed by atoms with Gasteiger partial charge in [0.05, 0.1) is 6.20 Å². The van der Waals surface area contributed by atoms with Crippen LogP contribution in [0.1, 0.15) is 11.1 Å². The van der Waals surface area contributed by atoms with E-state index < -0.39 is 0 Å². The summed E-state index contributed by atoms with van der Waals surface area (Å²) in [7, 11) is 0. The van der Waals surface area contributed by atoms with Gasteiger partial charge in [0.15, 0.2) is 5.82 Å². The summed E-state index contributed by atoms with van der Waals surface area (Å²) in [5.74, 6) is 1.31. The lowest BCUT2D eigenvalue weighted by atomic mass is 10.2. The van der Waals surface area contributed by atoms with Gasteiger partial charge in [0.25, 0.3) is 5.95 Å². The highest BCUT2D eigenvalue weighted by Crippen LogP contribution is 2.32. The molecule has 2 heterocycles. The van der Waals surface area contributed by atoms with Gasteiger partial charge in [0.1, 0.15) is 0 Å². The fourth-order valence-corrected chi connectivity index (χ4v) is 3.40. The second kappa shape index (κ2) is 6.20. The Labute approximate surface area is 148 Å². The molecular formula is C18H16BrN5. The van der Waals surface area contributed by atoms with E-state index >= 15 is 0 Å². The fraction of sp³-hybridized carbons (Fsp3) is 0.167. The van der Waals surface area contributed by atoms with Crippen LogP contribution in [0.15, 0.2) is 53.1 Å². The molecule has 0 amide bonds. The third-order valence-corrected chi connectivity index (χ3v) is 4.62. The smallest absolute Gasteiger partial charge is 0.251 e. The number of aryl methyl sites for hydroxylation is 1. The van der Waals surface area contributed by atoms with Crippen LogP contribution in [0.5, 0.6) is 0 Å². The van der Waals surface area contributed by atoms with Gasteiger partial charge in [-0.2, -0.15) is 10.1 Å².